The van der Waals surface area contributed by atoms with Crippen molar-refractivity contribution in [2.75, 3.05) is 0 Å². The predicted octanol–water partition coefficient (Wildman–Crippen LogP) is 1.50. The maximum atomic E-state index is 12.3. The number of hydrogen-bond donors (Lipinski definition) is 1. The van der Waals surface area contributed by atoms with E-state index in [1.54, 1.807) is 0 Å². The largest absolute Gasteiger partial charge is 0.329 e. The first-order valence-corrected chi connectivity index (χ1v) is 5.86. The van der Waals surface area contributed by atoms with Crippen molar-refractivity contribution in [2.24, 2.45) is 0 Å². The quantitative estimate of drug-likeness (QED) is 0.859. The third-order valence-corrected chi connectivity index (χ3v) is 2.58. The smallest absolute Gasteiger partial charge is 0.243 e. The Kier molecular flexibility index (Phi) is 1.87. The molecule has 96 valence electrons. The van der Waals surface area contributed by atoms with Gasteiger partial charge in [0.15, 0.2) is 5.82 Å². The molecule has 0 aromatic carbocycles. The van der Waals surface area contributed by atoms with Crippen molar-refractivity contribution in [3.63, 3.8) is 0 Å². The van der Waals surface area contributed by atoms with Gasteiger partial charge in [-0.1, -0.05) is 29.9 Å². The van der Waals surface area contributed by atoms with E-state index in [2.05, 4.69) is 30.9 Å². The van der Waals surface area contributed by atoms with Gasteiger partial charge in [0, 0.05) is 0 Å². The second-order valence-corrected chi connectivity index (χ2v) is 5.41. The minimum absolute atomic E-state index is 0.0105. The molecule has 2 aromatic heterocycles. The van der Waals surface area contributed by atoms with Crippen molar-refractivity contribution in [3.05, 3.63) is 12.0 Å². The SMILES string of the molecule is FS(F)(F)(F)(F)c1cn(Cc2nn[nH]n2)nn1. The van der Waals surface area contributed by atoms with Gasteiger partial charge in [0.05, 0.1) is 6.20 Å². The monoisotopic (exact) mass is 277 g/mol. The van der Waals surface area contributed by atoms with Crippen molar-refractivity contribution in [3.8, 4) is 0 Å². The second-order valence-electron chi connectivity index (χ2n) is 3.05. The summed E-state index contributed by atoms with van der Waals surface area (Å²) < 4.78 is 61.9. The predicted molar refractivity (Wildman–Crippen MR) is 44.7 cm³/mol. The molecule has 0 radical (unpaired) electrons. The van der Waals surface area contributed by atoms with E-state index >= 15 is 0 Å². The normalized spacial score (nSPS) is 16.5. The molecule has 13 heteroatoms. The molecule has 0 aliphatic carbocycles. The standard InChI is InChI=1S/C4H4F5N7S/c5-17(6,7,8,9)4-2-16(15-12-4)1-3-10-13-14-11-3/h2H,1H2,(H,10,11,13,14). The first-order valence-electron chi connectivity index (χ1n) is 3.91. The fourth-order valence-corrected chi connectivity index (χ4v) is 1.44. The molecule has 2 heterocycles. The highest BCUT2D eigenvalue weighted by molar-refractivity contribution is 8.45. The Balaban J connectivity index is 2.29. The molecule has 0 fully saturated rings. The number of nitrogens with one attached hydrogen (secondary N) is 1. The van der Waals surface area contributed by atoms with Crippen LogP contribution in [0.15, 0.2) is 11.2 Å². The lowest BCUT2D eigenvalue weighted by molar-refractivity contribution is 0.358. The molecule has 2 aromatic rings. The summed E-state index contributed by atoms with van der Waals surface area (Å²) >= 11 is 0. The molecular formula is C4H4F5N7S. The summed E-state index contributed by atoms with van der Waals surface area (Å²) in [5.41, 5.74) is 0. The Morgan fingerprint density at radius 3 is 2.35 bits per heavy atom. The number of nitrogens with zero attached hydrogens (tertiary/aromatic N) is 6. The minimum Gasteiger partial charge on any atom is -0.243 e. The Morgan fingerprint density at radius 1 is 1.18 bits per heavy atom. The van der Waals surface area contributed by atoms with E-state index in [0.717, 1.165) is 0 Å². The van der Waals surface area contributed by atoms with Crippen LogP contribution in [0.2, 0.25) is 0 Å². The maximum Gasteiger partial charge on any atom is 0.329 e. The first kappa shape index (κ1) is 11.7. The molecule has 17 heavy (non-hydrogen) atoms. The van der Waals surface area contributed by atoms with Crippen molar-refractivity contribution in [2.45, 2.75) is 11.6 Å². The van der Waals surface area contributed by atoms with E-state index in [-0.39, 0.29) is 18.6 Å². The molecule has 0 saturated heterocycles. The highest BCUT2D eigenvalue weighted by Crippen LogP contribution is 3.01. The number of H-pyrrole nitrogens is 1. The molecule has 0 bridgehead atoms. The fourth-order valence-electron chi connectivity index (χ4n) is 0.929. The number of hydrogen-bond acceptors (Lipinski definition) is 5. The highest BCUT2D eigenvalue weighted by Gasteiger charge is 2.68. The van der Waals surface area contributed by atoms with Gasteiger partial charge >= 0.3 is 10.2 Å². The van der Waals surface area contributed by atoms with E-state index < -0.39 is 15.3 Å². The molecular weight excluding hydrogens is 273 g/mol. The summed E-state index contributed by atoms with van der Waals surface area (Å²) in [7, 11) is -9.77. The third kappa shape index (κ3) is 2.66. The number of tetrazole rings is 1. The van der Waals surface area contributed by atoms with E-state index in [1.165, 1.54) is 0 Å². The van der Waals surface area contributed by atoms with Crippen molar-refractivity contribution in [1.82, 2.24) is 35.6 Å². The fraction of sp³-hybridized carbons (Fsp3) is 0.250. The van der Waals surface area contributed by atoms with Crippen LogP contribution in [-0.2, 0) is 6.54 Å². The Labute approximate surface area is 89.7 Å². The lowest BCUT2D eigenvalue weighted by Crippen LogP contribution is -2.06. The van der Waals surface area contributed by atoms with E-state index in [9.17, 15) is 19.4 Å². The van der Waals surface area contributed by atoms with Gasteiger partial charge in [-0.15, -0.1) is 15.3 Å². The molecule has 1 N–H and O–H groups in total. The summed E-state index contributed by atoms with van der Waals surface area (Å²) in [4.78, 5) is 0. The van der Waals surface area contributed by atoms with Crippen LogP contribution in [0.5, 0.6) is 0 Å². The van der Waals surface area contributed by atoms with Crippen LogP contribution in [0, 0.1) is 0 Å². The number of rotatable bonds is 3. The average molecular weight is 277 g/mol. The molecule has 0 aliphatic rings. The summed E-state index contributed by atoms with van der Waals surface area (Å²) in [6.07, 6.45) is 0.0952. The molecule has 0 unspecified atom stereocenters. The zero-order chi connectivity index (χ0) is 12.8. The van der Waals surface area contributed by atoms with Gasteiger partial charge in [-0.05, 0) is 0 Å². The van der Waals surface area contributed by atoms with Gasteiger partial charge in [-0.25, -0.2) is 4.68 Å². The third-order valence-electron chi connectivity index (χ3n) is 1.61. The van der Waals surface area contributed by atoms with Crippen LogP contribution < -0.4 is 0 Å². The lowest BCUT2D eigenvalue weighted by atomic mass is 10.6. The second kappa shape index (κ2) is 2.72. The van der Waals surface area contributed by atoms with Crippen molar-refractivity contribution in [1.29, 1.82) is 0 Å². The number of halogens is 5. The molecule has 2 rings (SSSR count). The van der Waals surface area contributed by atoms with E-state index in [1.807, 2.05) is 0 Å². The number of aromatic nitrogens is 7. The molecule has 7 nitrogen and oxygen atoms in total. The Morgan fingerprint density at radius 2 is 1.88 bits per heavy atom. The topological polar surface area (TPSA) is 85.2 Å². The average Bonchev–Trinajstić information content (AvgIpc) is 2.71. The molecule has 0 atom stereocenters. The van der Waals surface area contributed by atoms with Crippen LogP contribution in [0.25, 0.3) is 0 Å². The van der Waals surface area contributed by atoms with Gasteiger partial charge in [-0.2, -0.15) is 5.21 Å². The van der Waals surface area contributed by atoms with Crippen molar-refractivity contribution < 1.29 is 19.4 Å². The van der Waals surface area contributed by atoms with Crippen LogP contribution in [0.1, 0.15) is 5.82 Å². The van der Waals surface area contributed by atoms with Gasteiger partial charge < -0.3 is 0 Å². The van der Waals surface area contributed by atoms with Gasteiger partial charge in [0.2, 0.25) is 5.03 Å². The summed E-state index contributed by atoms with van der Waals surface area (Å²) in [5, 5.41) is 15.1. The highest BCUT2D eigenvalue weighted by atomic mass is 32.5. The Bertz CT molecular complexity index is 528. The maximum absolute atomic E-state index is 12.3. The van der Waals surface area contributed by atoms with Crippen LogP contribution in [-0.4, -0.2) is 35.6 Å². The molecule has 0 amide bonds. The van der Waals surface area contributed by atoms with Gasteiger partial charge in [0.1, 0.15) is 6.54 Å². The van der Waals surface area contributed by atoms with Crippen molar-refractivity contribution >= 4 is 10.2 Å². The number of aromatic amines is 1. The molecule has 0 aliphatic heterocycles. The van der Waals surface area contributed by atoms with Crippen LogP contribution in [0.3, 0.4) is 0 Å². The zero-order valence-corrected chi connectivity index (χ0v) is 8.58. The van der Waals surface area contributed by atoms with Gasteiger partial charge in [-0.3, -0.25) is 0 Å². The summed E-state index contributed by atoms with van der Waals surface area (Å²) in [6.45, 7) is -0.350. The first-order chi connectivity index (χ1) is 7.54. The van der Waals surface area contributed by atoms with E-state index in [0.29, 0.717) is 4.68 Å². The van der Waals surface area contributed by atoms with Crippen LogP contribution in [0.4, 0.5) is 19.4 Å². The van der Waals surface area contributed by atoms with Gasteiger partial charge in [0.25, 0.3) is 0 Å². The van der Waals surface area contributed by atoms with E-state index in [4.69, 9.17) is 0 Å². The minimum atomic E-state index is -9.77. The molecule has 0 saturated carbocycles. The lowest BCUT2D eigenvalue weighted by Gasteiger charge is -2.37. The zero-order valence-electron chi connectivity index (χ0n) is 7.77. The summed E-state index contributed by atoms with van der Waals surface area (Å²) in [5.74, 6) is -0.0105. The Hall–Kier alpha value is -1.79. The molecule has 0 spiro atoms. The summed E-state index contributed by atoms with van der Waals surface area (Å²) in [6, 6.07) is 0. The van der Waals surface area contributed by atoms with Crippen LogP contribution >= 0.6 is 10.2 Å².